The van der Waals surface area contributed by atoms with Crippen molar-refractivity contribution in [1.29, 1.82) is 0 Å². The van der Waals surface area contributed by atoms with Crippen LogP contribution in [0, 0.1) is 0 Å². The van der Waals surface area contributed by atoms with Crippen LogP contribution in [0.1, 0.15) is 28.4 Å². The summed E-state index contributed by atoms with van der Waals surface area (Å²) in [4.78, 5) is 36.6. The number of benzene rings is 1. The molecule has 2 rings (SSSR count). The number of aliphatic carboxylic acids is 1. The SMILES string of the molecule is CC(NC(=O)c1ccoc1)C(=O)N(CC(=O)O)Cc1ccc(C(F)(F)F)cc1. The Kier molecular flexibility index (Phi) is 6.45. The van der Waals surface area contributed by atoms with E-state index in [1.165, 1.54) is 37.6 Å². The molecule has 0 saturated heterocycles. The Morgan fingerprint density at radius 3 is 2.32 bits per heavy atom. The molecule has 2 N–H and O–H groups in total. The van der Waals surface area contributed by atoms with Crippen LogP contribution in [0.25, 0.3) is 0 Å². The van der Waals surface area contributed by atoms with Gasteiger partial charge in [0.05, 0.1) is 17.4 Å². The maximum Gasteiger partial charge on any atom is 0.416 e. The highest BCUT2D eigenvalue weighted by atomic mass is 19.4. The number of nitrogens with zero attached hydrogens (tertiary/aromatic N) is 1. The molecule has 150 valence electrons. The summed E-state index contributed by atoms with van der Waals surface area (Å²) in [7, 11) is 0. The van der Waals surface area contributed by atoms with E-state index in [9.17, 15) is 27.6 Å². The first kappa shape index (κ1) is 21.0. The third-order valence-electron chi connectivity index (χ3n) is 3.79. The maximum absolute atomic E-state index is 12.6. The van der Waals surface area contributed by atoms with Crippen molar-refractivity contribution >= 4 is 17.8 Å². The molecule has 0 bridgehead atoms. The molecule has 1 aromatic carbocycles. The van der Waals surface area contributed by atoms with Gasteiger partial charge in [-0.1, -0.05) is 12.1 Å². The molecule has 0 spiro atoms. The number of halogens is 3. The van der Waals surface area contributed by atoms with E-state index < -0.39 is 42.1 Å². The quantitative estimate of drug-likeness (QED) is 0.747. The number of carboxylic acids is 1. The molecule has 1 heterocycles. The molecule has 1 unspecified atom stereocenters. The zero-order valence-electron chi connectivity index (χ0n) is 14.7. The van der Waals surface area contributed by atoms with E-state index in [4.69, 9.17) is 9.52 Å². The Balaban J connectivity index is 2.10. The molecule has 7 nitrogen and oxygen atoms in total. The molecule has 10 heteroatoms. The lowest BCUT2D eigenvalue weighted by molar-refractivity contribution is -0.145. The van der Waals surface area contributed by atoms with Crippen LogP contribution in [0.15, 0.2) is 47.3 Å². The average Bonchev–Trinajstić information content (AvgIpc) is 3.14. The van der Waals surface area contributed by atoms with Crippen molar-refractivity contribution in [3.05, 3.63) is 59.5 Å². The molecule has 0 aliphatic heterocycles. The first-order chi connectivity index (χ1) is 13.1. The number of furan rings is 1. The number of carbonyl (C=O) groups excluding carboxylic acids is 2. The molecule has 0 fully saturated rings. The van der Waals surface area contributed by atoms with Gasteiger partial charge in [-0.3, -0.25) is 14.4 Å². The molecule has 2 amide bonds. The molecule has 0 radical (unpaired) electrons. The summed E-state index contributed by atoms with van der Waals surface area (Å²) < 4.78 is 42.7. The largest absolute Gasteiger partial charge is 0.480 e. The lowest BCUT2D eigenvalue weighted by Crippen LogP contribution is -2.48. The monoisotopic (exact) mass is 398 g/mol. The van der Waals surface area contributed by atoms with Crippen LogP contribution < -0.4 is 5.32 Å². The van der Waals surface area contributed by atoms with E-state index in [0.717, 1.165) is 17.0 Å². The predicted molar refractivity (Wildman–Crippen MR) is 90.1 cm³/mol. The summed E-state index contributed by atoms with van der Waals surface area (Å²) in [5.74, 6) is -2.58. The summed E-state index contributed by atoms with van der Waals surface area (Å²) in [6, 6.07) is 4.37. The van der Waals surface area contributed by atoms with Crippen molar-refractivity contribution in [3.8, 4) is 0 Å². The highest BCUT2D eigenvalue weighted by Crippen LogP contribution is 2.29. The van der Waals surface area contributed by atoms with Gasteiger partial charge < -0.3 is 19.7 Å². The van der Waals surface area contributed by atoms with Gasteiger partial charge in [-0.2, -0.15) is 13.2 Å². The Bertz CT molecular complexity index is 832. The average molecular weight is 398 g/mol. The van der Waals surface area contributed by atoms with Gasteiger partial charge >= 0.3 is 12.1 Å². The third kappa shape index (κ3) is 5.60. The van der Waals surface area contributed by atoms with Gasteiger partial charge in [-0.05, 0) is 30.7 Å². The van der Waals surface area contributed by atoms with Gasteiger partial charge in [0.1, 0.15) is 18.8 Å². The molecule has 0 saturated carbocycles. The molecule has 0 aliphatic carbocycles. The van der Waals surface area contributed by atoms with E-state index in [2.05, 4.69) is 5.32 Å². The molecular formula is C18H17F3N2O5. The van der Waals surface area contributed by atoms with E-state index >= 15 is 0 Å². The van der Waals surface area contributed by atoms with Gasteiger partial charge in [-0.25, -0.2) is 0 Å². The van der Waals surface area contributed by atoms with Crippen molar-refractivity contribution in [1.82, 2.24) is 10.2 Å². The van der Waals surface area contributed by atoms with Crippen molar-refractivity contribution in [2.24, 2.45) is 0 Å². The fraction of sp³-hybridized carbons (Fsp3) is 0.278. The molecule has 28 heavy (non-hydrogen) atoms. The zero-order chi connectivity index (χ0) is 20.9. The second kappa shape index (κ2) is 8.59. The lowest BCUT2D eigenvalue weighted by atomic mass is 10.1. The highest BCUT2D eigenvalue weighted by Gasteiger charge is 2.30. The van der Waals surface area contributed by atoms with Gasteiger partial charge in [0.25, 0.3) is 5.91 Å². The van der Waals surface area contributed by atoms with E-state index in [-0.39, 0.29) is 12.1 Å². The molecule has 1 atom stereocenters. The minimum absolute atomic E-state index is 0.187. The first-order valence-corrected chi connectivity index (χ1v) is 8.07. The number of hydrogen-bond donors (Lipinski definition) is 2. The van der Waals surface area contributed by atoms with Crippen molar-refractivity contribution in [2.45, 2.75) is 25.7 Å². The molecule has 1 aromatic heterocycles. The number of hydrogen-bond acceptors (Lipinski definition) is 4. The van der Waals surface area contributed by atoms with Crippen molar-refractivity contribution in [3.63, 3.8) is 0 Å². The van der Waals surface area contributed by atoms with Crippen LogP contribution in [0.5, 0.6) is 0 Å². The maximum atomic E-state index is 12.6. The van der Waals surface area contributed by atoms with Gasteiger partial charge in [0, 0.05) is 6.54 Å². The third-order valence-corrected chi connectivity index (χ3v) is 3.79. The normalized spacial score (nSPS) is 12.3. The van der Waals surface area contributed by atoms with E-state index in [1.54, 1.807) is 0 Å². The summed E-state index contributed by atoms with van der Waals surface area (Å²) >= 11 is 0. The van der Waals surface area contributed by atoms with Crippen molar-refractivity contribution < 1.29 is 37.1 Å². The fourth-order valence-electron chi connectivity index (χ4n) is 2.40. The molecular weight excluding hydrogens is 381 g/mol. The number of carbonyl (C=O) groups is 3. The topological polar surface area (TPSA) is 99.9 Å². The Morgan fingerprint density at radius 2 is 1.82 bits per heavy atom. The van der Waals surface area contributed by atoms with Gasteiger partial charge in [0.15, 0.2) is 0 Å². The highest BCUT2D eigenvalue weighted by molar-refractivity contribution is 5.97. The van der Waals surface area contributed by atoms with Crippen LogP contribution in [0.3, 0.4) is 0 Å². The van der Waals surface area contributed by atoms with Crippen LogP contribution in [-0.4, -0.2) is 40.4 Å². The molecule has 0 aliphatic rings. The van der Waals surface area contributed by atoms with Crippen LogP contribution in [0.2, 0.25) is 0 Å². The van der Waals surface area contributed by atoms with Crippen LogP contribution >= 0.6 is 0 Å². The van der Waals surface area contributed by atoms with Gasteiger partial charge in [0.2, 0.25) is 5.91 Å². The van der Waals surface area contributed by atoms with E-state index in [1.807, 2.05) is 0 Å². The summed E-state index contributed by atoms with van der Waals surface area (Å²) in [6.07, 6.45) is -2.03. The number of carboxylic acid groups (broad SMARTS) is 1. The summed E-state index contributed by atoms with van der Waals surface area (Å²) in [6.45, 7) is 0.475. The Labute approximate surface area is 157 Å². The molecule has 2 aromatic rings. The Morgan fingerprint density at radius 1 is 1.18 bits per heavy atom. The zero-order valence-corrected chi connectivity index (χ0v) is 14.7. The standard InChI is InChI=1S/C18H17F3N2O5/c1-11(22-16(26)13-6-7-28-10-13)17(27)23(9-15(24)25)8-12-2-4-14(5-3-12)18(19,20)21/h2-7,10-11H,8-9H2,1H3,(H,22,26)(H,24,25). The second-order valence-corrected chi connectivity index (χ2v) is 5.99. The second-order valence-electron chi connectivity index (χ2n) is 5.99. The van der Waals surface area contributed by atoms with Crippen LogP contribution in [-0.2, 0) is 22.3 Å². The van der Waals surface area contributed by atoms with Crippen LogP contribution in [0.4, 0.5) is 13.2 Å². The Hall–Kier alpha value is -3.30. The number of nitrogens with one attached hydrogen (secondary N) is 1. The van der Waals surface area contributed by atoms with E-state index in [0.29, 0.717) is 5.56 Å². The summed E-state index contributed by atoms with van der Waals surface area (Å²) in [5, 5.41) is 11.5. The minimum Gasteiger partial charge on any atom is -0.480 e. The number of amides is 2. The fourth-order valence-corrected chi connectivity index (χ4v) is 2.40. The van der Waals surface area contributed by atoms with Crippen molar-refractivity contribution in [2.75, 3.05) is 6.54 Å². The minimum atomic E-state index is -4.50. The number of rotatable bonds is 7. The smallest absolute Gasteiger partial charge is 0.416 e. The lowest BCUT2D eigenvalue weighted by Gasteiger charge is -2.25. The summed E-state index contributed by atoms with van der Waals surface area (Å²) in [5.41, 5.74) is -0.351. The number of alkyl halides is 3. The van der Waals surface area contributed by atoms with Gasteiger partial charge in [-0.15, -0.1) is 0 Å². The predicted octanol–water partition coefficient (Wildman–Crippen LogP) is 2.53. The first-order valence-electron chi connectivity index (χ1n) is 8.07.